The van der Waals surface area contributed by atoms with Crippen LogP contribution in [0.2, 0.25) is 0 Å². The van der Waals surface area contributed by atoms with Gasteiger partial charge in [0.05, 0.1) is 6.04 Å². The van der Waals surface area contributed by atoms with Gasteiger partial charge in [-0.2, -0.15) is 0 Å². The maximum Gasteiger partial charge on any atom is 0.303 e. The van der Waals surface area contributed by atoms with E-state index in [4.69, 9.17) is 9.15 Å². The zero-order valence-corrected chi connectivity index (χ0v) is 9.49. The lowest BCUT2D eigenvalue weighted by Crippen LogP contribution is -2.26. The minimum atomic E-state index is -0.284. The number of carbonyl (C=O) groups is 1. The van der Waals surface area contributed by atoms with E-state index in [1.165, 1.54) is 19.8 Å². The van der Waals surface area contributed by atoms with Crippen molar-refractivity contribution in [1.82, 2.24) is 5.32 Å². The summed E-state index contributed by atoms with van der Waals surface area (Å²) in [6.45, 7) is 2.67. The summed E-state index contributed by atoms with van der Waals surface area (Å²) in [6, 6.07) is 4.15. The van der Waals surface area contributed by atoms with Crippen molar-refractivity contribution in [3.63, 3.8) is 0 Å². The highest BCUT2D eigenvalue weighted by Gasteiger charge is 2.18. The first-order valence-corrected chi connectivity index (χ1v) is 5.71. The van der Waals surface area contributed by atoms with Gasteiger partial charge in [-0.3, -0.25) is 4.79 Å². The number of hydrogen-bond acceptors (Lipinski definition) is 4. The molecule has 4 heteroatoms. The van der Waals surface area contributed by atoms with Gasteiger partial charge in [0.25, 0.3) is 0 Å². The molecule has 1 aromatic rings. The third-order valence-corrected chi connectivity index (χ3v) is 2.75. The maximum atomic E-state index is 10.6. The van der Waals surface area contributed by atoms with Crippen molar-refractivity contribution < 1.29 is 13.9 Å². The van der Waals surface area contributed by atoms with E-state index in [0.29, 0.717) is 11.8 Å². The summed E-state index contributed by atoms with van der Waals surface area (Å²) in [4.78, 5) is 10.6. The number of esters is 1. The standard InChI is InChI=1S/C12H17NO3/c1-9(14)15-8-10-5-6-12(16-10)11-4-2-3-7-13-11/h5-6,11,13H,2-4,7-8H2,1H3/t11-/m1/s1. The Morgan fingerprint density at radius 1 is 1.56 bits per heavy atom. The molecular formula is C12H17NO3. The Morgan fingerprint density at radius 2 is 2.44 bits per heavy atom. The Balaban J connectivity index is 1.93. The molecule has 1 atom stereocenters. The molecule has 1 saturated heterocycles. The van der Waals surface area contributed by atoms with E-state index < -0.39 is 0 Å². The zero-order valence-electron chi connectivity index (χ0n) is 9.49. The van der Waals surface area contributed by atoms with Crippen LogP contribution in [0.25, 0.3) is 0 Å². The highest BCUT2D eigenvalue weighted by Crippen LogP contribution is 2.24. The Hall–Kier alpha value is -1.29. The second kappa shape index (κ2) is 5.16. The van der Waals surface area contributed by atoms with Gasteiger partial charge in [-0.25, -0.2) is 0 Å². The van der Waals surface area contributed by atoms with Crippen molar-refractivity contribution in [2.24, 2.45) is 0 Å². The van der Waals surface area contributed by atoms with E-state index in [0.717, 1.165) is 18.7 Å². The molecule has 0 aliphatic carbocycles. The second-order valence-electron chi connectivity index (χ2n) is 4.09. The van der Waals surface area contributed by atoms with Crippen molar-refractivity contribution in [1.29, 1.82) is 0 Å². The first-order chi connectivity index (χ1) is 7.75. The quantitative estimate of drug-likeness (QED) is 0.798. The molecule has 1 fully saturated rings. The predicted molar refractivity (Wildman–Crippen MR) is 58.8 cm³/mol. The molecule has 0 bridgehead atoms. The van der Waals surface area contributed by atoms with Crippen LogP contribution in [-0.2, 0) is 16.1 Å². The van der Waals surface area contributed by atoms with Crippen LogP contribution in [0.5, 0.6) is 0 Å². The molecule has 1 aliphatic heterocycles. The summed E-state index contributed by atoms with van der Waals surface area (Å²) in [5, 5.41) is 3.41. The van der Waals surface area contributed by atoms with E-state index in [1.807, 2.05) is 12.1 Å². The van der Waals surface area contributed by atoms with E-state index in [9.17, 15) is 4.79 Å². The minimum Gasteiger partial charge on any atom is -0.461 e. The number of rotatable bonds is 3. The number of carbonyl (C=O) groups excluding carboxylic acids is 1. The first-order valence-electron chi connectivity index (χ1n) is 5.71. The normalized spacial score (nSPS) is 20.7. The van der Waals surface area contributed by atoms with Gasteiger partial charge in [0.15, 0.2) is 0 Å². The average Bonchev–Trinajstić information content (AvgIpc) is 2.76. The van der Waals surface area contributed by atoms with Crippen LogP contribution in [0.1, 0.15) is 43.7 Å². The molecular weight excluding hydrogens is 206 g/mol. The fraction of sp³-hybridized carbons (Fsp3) is 0.583. The van der Waals surface area contributed by atoms with Crippen molar-refractivity contribution in [3.05, 3.63) is 23.7 Å². The van der Waals surface area contributed by atoms with E-state index in [-0.39, 0.29) is 12.6 Å². The van der Waals surface area contributed by atoms with Gasteiger partial charge in [-0.1, -0.05) is 6.42 Å². The maximum absolute atomic E-state index is 10.6. The van der Waals surface area contributed by atoms with Gasteiger partial charge in [0.2, 0.25) is 0 Å². The summed E-state index contributed by atoms with van der Waals surface area (Å²) in [5.41, 5.74) is 0. The highest BCUT2D eigenvalue weighted by atomic mass is 16.5. The molecule has 0 unspecified atom stereocenters. The Kier molecular flexibility index (Phi) is 3.62. The highest BCUT2D eigenvalue weighted by molar-refractivity contribution is 5.65. The molecule has 1 N–H and O–H groups in total. The lowest BCUT2D eigenvalue weighted by atomic mass is 10.0. The van der Waals surface area contributed by atoms with Gasteiger partial charge in [-0.05, 0) is 31.5 Å². The summed E-state index contributed by atoms with van der Waals surface area (Å²) in [6.07, 6.45) is 3.58. The molecule has 1 aliphatic rings. The lowest BCUT2D eigenvalue weighted by molar-refractivity contribution is -0.142. The third kappa shape index (κ3) is 2.85. The van der Waals surface area contributed by atoms with Crippen LogP contribution < -0.4 is 5.32 Å². The number of hydrogen-bond donors (Lipinski definition) is 1. The number of nitrogens with one attached hydrogen (secondary N) is 1. The summed E-state index contributed by atoms with van der Waals surface area (Å²) in [5.74, 6) is 1.37. The molecule has 4 nitrogen and oxygen atoms in total. The van der Waals surface area contributed by atoms with Crippen molar-refractivity contribution in [2.75, 3.05) is 6.54 Å². The fourth-order valence-corrected chi connectivity index (χ4v) is 1.93. The van der Waals surface area contributed by atoms with Gasteiger partial charge in [0.1, 0.15) is 18.1 Å². The zero-order chi connectivity index (χ0) is 11.4. The monoisotopic (exact) mass is 223 g/mol. The summed E-state index contributed by atoms with van der Waals surface area (Å²) < 4.78 is 10.5. The topological polar surface area (TPSA) is 51.5 Å². The molecule has 0 radical (unpaired) electrons. The predicted octanol–water partition coefficient (Wildman–Crippen LogP) is 2.16. The molecule has 88 valence electrons. The number of piperidine rings is 1. The van der Waals surface area contributed by atoms with Gasteiger partial charge in [-0.15, -0.1) is 0 Å². The lowest BCUT2D eigenvalue weighted by Gasteiger charge is -2.21. The summed E-state index contributed by atoms with van der Waals surface area (Å²) >= 11 is 0. The molecule has 0 spiro atoms. The first kappa shape index (κ1) is 11.2. The third-order valence-electron chi connectivity index (χ3n) is 2.75. The second-order valence-corrected chi connectivity index (χ2v) is 4.09. The minimum absolute atomic E-state index is 0.224. The summed E-state index contributed by atoms with van der Waals surface area (Å²) in [7, 11) is 0. The van der Waals surface area contributed by atoms with E-state index >= 15 is 0 Å². The van der Waals surface area contributed by atoms with Gasteiger partial charge < -0.3 is 14.5 Å². The van der Waals surface area contributed by atoms with Crippen molar-refractivity contribution in [3.8, 4) is 0 Å². The molecule has 1 aromatic heterocycles. The van der Waals surface area contributed by atoms with E-state index in [1.54, 1.807) is 0 Å². The molecule has 2 rings (SSSR count). The van der Waals surface area contributed by atoms with Crippen LogP contribution >= 0.6 is 0 Å². The molecule has 2 heterocycles. The smallest absolute Gasteiger partial charge is 0.303 e. The number of ether oxygens (including phenoxy) is 1. The van der Waals surface area contributed by atoms with Crippen LogP contribution in [-0.4, -0.2) is 12.5 Å². The van der Waals surface area contributed by atoms with Crippen LogP contribution in [0, 0.1) is 0 Å². The van der Waals surface area contributed by atoms with Gasteiger partial charge >= 0.3 is 5.97 Å². The largest absolute Gasteiger partial charge is 0.461 e. The SMILES string of the molecule is CC(=O)OCc1ccc([C@H]2CCCCN2)o1. The number of furan rings is 1. The molecule has 0 saturated carbocycles. The molecule has 0 aromatic carbocycles. The Bertz CT molecular complexity index is 353. The van der Waals surface area contributed by atoms with Crippen LogP contribution in [0.4, 0.5) is 0 Å². The van der Waals surface area contributed by atoms with Crippen LogP contribution in [0.15, 0.2) is 16.5 Å². The fourth-order valence-electron chi connectivity index (χ4n) is 1.93. The van der Waals surface area contributed by atoms with Crippen LogP contribution in [0.3, 0.4) is 0 Å². The van der Waals surface area contributed by atoms with Gasteiger partial charge in [0, 0.05) is 6.92 Å². The Labute approximate surface area is 95.0 Å². The molecule has 16 heavy (non-hydrogen) atoms. The molecule has 0 amide bonds. The Morgan fingerprint density at radius 3 is 3.12 bits per heavy atom. The van der Waals surface area contributed by atoms with Crippen molar-refractivity contribution >= 4 is 5.97 Å². The average molecular weight is 223 g/mol. The van der Waals surface area contributed by atoms with E-state index in [2.05, 4.69) is 5.32 Å². The van der Waals surface area contributed by atoms with Crippen molar-refractivity contribution in [2.45, 2.75) is 38.8 Å².